The average Bonchev–Trinajstić information content (AvgIpc) is 2.16. The van der Waals surface area contributed by atoms with Gasteiger partial charge >= 0.3 is 0 Å². The predicted molar refractivity (Wildman–Crippen MR) is 60.6 cm³/mol. The van der Waals surface area contributed by atoms with Gasteiger partial charge in [0.05, 0.1) is 12.2 Å². The predicted octanol–water partition coefficient (Wildman–Crippen LogP) is 3.31. The highest BCUT2D eigenvalue weighted by Crippen LogP contribution is 2.25. The first-order valence-electron chi connectivity index (χ1n) is 5.44. The molecule has 0 aromatic heterocycles. The van der Waals surface area contributed by atoms with Crippen molar-refractivity contribution in [3.8, 4) is 0 Å². The van der Waals surface area contributed by atoms with Crippen LogP contribution >= 0.6 is 11.6 Å². The monoisotopic (exact) mass is 222 g/mol. The summed E-state index contributed by atoms with van der Waals surface area (Å²) in [6.45, 7) is 8.34. The van der Waals surface area contributed by atoms with Gasteiger partial charge in [0, 0.05) is 0 Å². The van der Waals surface area contributed by atoms with E-state index in [4.69, 9.17) is 16.3 Å². The normalized spacial score (nSPS) is 20.1. The largest absolute Gasteiger partial charge is 0.373 e. The van der Waals surface area contributed by atoms with Gasteiger partial charge in [0.2, 0.25) is 0 Å². The van der Waals surface area contributed by atoms with E-state index < -0.39 is 5.06 Å². The van der Waals surface area contributed by atoms with E-state index >= 15 is 0 Å². The van der Waals surface area contributed by atoms with E-state index in [9.17, 15) is 5.11 Å². The molecule has 0 spiro atoms. The summed E-state index contributed by atoms with van der Waals surface area (Å²) < 4.78 is 5.69. The molecule has 0 aromatic rings. The molecule has 0 aromatic carbocycles. The second-order valence-electron chi connectivity index (χ2n) is 4.11. The van der Waals surface area contributed by atoms with Crippen molar-refractivity contribution in [1.29, 1.82) is 0 Å². The van der Waals surface area contributed by atoms with Crippen molar-refractivity contribution < 1.29 is 9.84 Å². The second kappa shape index (κ2) is 5.94. The summed E-state index contributed by atoms with van der Waals surface area (Å²) in [7, 11) is 0. The van der Waals surface area contributed by atoms with Crippen molar-refractivity contribution in [2.24, 2.45) is 0 Å². The van der Waals surface area contributed by atoms with Crippen molar-refractivity contribution in [2.45, 2.75) is 64.0 Å². The zero-order valence-corrected chi connectivity index (χ0v) is 10.5. The number of hydrogen-bond donors (Lipinski definition) is 1. The lowest BCUT2D eigenvalue weighted by atomic mass is 9.97. The minimum atomic E-state index is -1.20. The molecule has 2 unspecified atom stereocenters. The molecule has 0 radical (unpaired) electrons. The lowest BCUT2D eigenvalue weighted by Gasteiger charge is -2.31. The summed E-state index contributed by atoms with van der Waals surface area (Å²) >= 11 is 5.81. The van der Waals surface area contributed by atoms with Gasteiger partial charge in [-0.2, -0.15) is 0 Å². The molecule has 14 heavy (non-hydrogen) atoms. The van der Waals surface area contributed by atoms with E-state index in [1.54, 1.807) is 0 Å². The van der Waals surface area contributed by atoms with Crippen molar-refractivity contribution in [1.82, 2.24) is 0 Å². The van der Waals surface area contributed by atoms with Gasteiger partial charge in [0.1, 0.15) is 0 Å². The molecule has 2 atom stereocenters. The average molecular weight is 223 g/mol. The van der Waals surface area contributed by atoms with Crippen LogP contribution in [0.25, 0.3) is 0 Å². The molecular formula is C11H23ClO2. The highest BCUT2D eigenvalue weighted by atomic mass is 35.5. The zero-order valence-electron chi connectivity index (χ0n) is 9.77. The minimum absolute atomic E-state index is 0.146. The Hall–Kier alpha value is 0.210. The molecule has 0 saturated heterocycles. The lowest BCUT2D eigenvalue weighted by Crippen LogP contribution is -2.35. The van der Waals surface area contributed by atoms with Gasteiger partial charge in [-0.1, -0.05) is 38.8 Å². The Bertz CT molecular complexity index is 159. The molecule has 0 aliphatic carbocycles. The summed E-state index contributed by atoms with van der Waals surface area (Å²) in [6, 6.07) is 0. The first-order chi connectivity index (χ1) is 6.39. The van der Waals surface area contributed by atoms with Gasteiger partial charge in [-0.3, -0.25) is 0 Å². The lowest BCUT2D eigenvalue weighted by molar-refractivity contribution is -0.0894. The van der Waals surface area contributed by atoms with Crippen LogP contribution < -0.4 is 0 Å². The quantitative estimate of drug-likeness (QED) is 0.670. The molecule has 0 amide bonds. The van der Waals surface area contributed by atoms with Crippen molar-refractivity contribution >= 4 is 11.6 Å². The molecule has 0 heterocycles. The summed E-state index contributed by atoms with van der Waals surface area (Å²) in [5, 5.41) is 8.39. The van der Waals surface area contributed by atoms with Gasteiger partial charge in [0.25, 0.3) is 0 Å². The van der Waals surface area contributed by atoms with E-state index in [0.29, 0.717) is 6.42 Å². The van der Waals surface area contributed by atoms with Gasteiger partial charge < -0.3 is 9.84 Å². The van der Waals surface area contributed by atoms with Crippen LogP contribution in [0.5, 0.6) is 0 Å². The van der Waals surface area contributed by atoms with E-state index in [1.807, 2.05) is 6.92 Å². The SMILES string of the molecule is CCCC(C)(CC)OCC(O)(Cl)CC. The van der Waals surface area contributed by atoms with Crippen LogP contribution in [0.1, 0.15) is 53.4 Å². The molecule has 0 rings (SSSR count). The maximum Gasteiger partial charge on any atom is 0.161 e. The Morgan fingerprint density at radius 2 is 1.79 bits per heavy atom. The maximum absolute atomic E-state index is 9.59. The van der Waals surface area contributed by atoms with Gasteiger partial charge in [-0.05, 0) is 26.2 Å². The number of rotatable bonds is 7. The summed E-state index contributed by atoms with van der Waals surface area (Å²) in [4.78, 5) is 0. The molecule has 0 aliphatic heterocycles. The van der Waals surface area contributed by atoms with E-state index in [-0.39, 0.29) is 12.2 Å². The molecule has 0 bridgehead atoms. The molecule has 2 nitrogen and oxygen atoms in total. The highest BCUT2D eigenvalue weighted by Gasteiger charge is 2.28. The summed E-state index contributed by atoms with van der Waals surface area (Å²) in [5.41, 5.74) is -0.146. The standard InChI is InChI=1S/C11H23ClO2/c1-5-8-10(4,6-2)14-9-11(12,13)7-3/h13H,5-9H2,1-4H3. The van der Waals surface area contributed by atoms with Crippen molar-refractivity contribution in [3.63, 3.8) is 0 Å². The van der Waals surface area contributed by atoms with Crippen LogP contribution in [0.15, 0.2) is 0 Å². The van der Waals surface area contributed by atoms with Crippen LogP contribution in [0.3, 0.4) is 0 Å². The highest BCUT2D eigenvalue weighted by molar-refractivity contribution is 6.22. The van der Waals surface area contributed by atoms with Crippen LogP contribution in [0.4, 0.5) is 0 Å². The molecule has 0 aliphatic rings. The third kappa shape index (κ3) is 5.18. The van der Waals surface area contributed by atoms with E-state index in [1.165, 1.54) is 0 Å². The van der Waals surface area contributed by atoms with E-state index in [0.717, 1.165) is 19.3 Å². The smallest absolute Gasteiger partial charge is 0.161 e. The number of aliphatic hydroxyl groups is 1. The van der Waals surface area contributed by atoms with Crippen LogP contribution in [-0.4, -0.2) is 22.4 Å². The number of halogens is 1. The Morgan fingerprint density at radius 3 is 2.14 bits per heavy atom. The minimum Gasteiger partial charge on any atom is -0.373 e. The Morgan fingerprint density at radius 1 is 1.21 bits per heavy atom. The van der Waals surface area contributed by atoms with Crippen molar-refractivity contribution in [2.75, 3.05) is 6.61 Å². The second-order valence-corrected chi connectivity index (χ2v) is 4.82. The number of hydrogen-bond acceptors (Lipinski definition) is 2. The Kier molecular flexibility index (Phi) is 6.03. The molecule has 3 heteroatoms. The fourth-order valence-corrected chi connectivity index (χ4v) is 1.32. The van der Waals surface area contributed by atoms with Crippen LogP contribution in [-0.2, 0) is 4.74 Å². The molecular weight excluding hydrogens is 200 g/mol. The fourth-order valence-electron chi connectivity index (χ4n) is 1.27. The van der Waals surface area contributed by atoms with Gasteiger partial charge in [0.15, 0.2) is 5.06 Å². The van der Waals surface area contributed by atoms with Gasteiger partial charge in [-0.15, -0.1) is 0 Å². The Balaban J connectivity index is 4.06. The first kappa shape index (κ1) is 14.2. The fraction of sp³-hybridized carbons (Fsp3) is 1.00. The third-order valence-electron chi connectivity index (χ3n) is 2.71. The molecule has 86 valence electrons. The Labute approximate surface area is 92.6 Å². The topological polar surface area (TPSA) is 29.5 Å². The third-order valence-corrected chi connectivity index (χ3v) is 3.09. The summed E-state index contributed by atoms with van der Waals surface area (Å²) in [5.74, 6) is 0. The number of ether oxygens (including phenoxy) is 1. The molecule has 1 N–H and O–H groups in total. The van der Waals surface area contributed by atoms with Crippen LogP contribution in [0.2, 0.25) is 0 Å². The molecule has 0 saturated carbocycles. The molecule has 0 fully saturated rings. The van der Waals surface area contributed by atoms with Crippen LogP contribution in [0, 0.1) is 0 Å². The van der Waals surface area contributed by atoms with Crippen molar-refractivity contribution in [3.05, 3.63) is 0 Å². The number of alkyl halides is 1. The zero-order chi connectivity index (χ0) is 11.2. The van der Waals surface area contributed by atoms with E-state index in [2.05, 4.69) is 20.8 Å². The first-order valence-corrected chi connectivity index (χ1v) is 5.82. The van der Waals surface area contributed by atoms with Gasteiger partial charge in [-0.25, -0.2) is 0 Å². The maximum atomic E-state index is 9.59. The summed E-state index contributed by atoms with van der Waals surface area (Å²) in [6.07, 6.45) is 3.52.